The van der Waals surface area contributed by atoms with E-state index in [1.807, 2.05) is 6.07 Å². The van der Waals surface area contributed by atoms with Crippen molar-refractivity contribution in [2.24, 2.45) is 5.92 Å². The van der Waals surface area contributed by atoms with Crippen molar-refractivity contribution in [1.82, 2.24) is 4.98 Å². The van der Waals surface area contributed by atoms with Gasteiger partial charge in [-0.15, -0.1) is 0 Å². The smallest absolute Gasteiger partial charge is 0.142 e. The van der Waals surface area contributed by atoms with Gasteiger partial charge in [0.2, 0.25) is 0 Å². The monoisotopic (exact) mass is 345 g/mol. The number of rotatable bonds is 2. The summed E-state index contributed by atoms with van der Waals surface area (Å²) in [4.78, 5) is 4.47. The van der Waals surface area contributed by atoms with Crippen molar-refractivity contribution in [3.63, 3.8) is 0 Å². The van der Waals surface area contributed by atoms with Gasteiger partial charge in [-0.3, -0.25) is 0 Å². The number of nitriles is 1. The first-order chi connectivity index (χ1) is 11.0. The fraction of sp³-hybridized carbons (Fsp3) is 0.333. The third kappa shape index (κ3) is 2.89. The molecule has 0 saturated carbocycles. The van der Waals surface area contributed by atoms with Crippen LogP contribution in [0.1, 0.15) is 36.6 Å². The Labute approximate surface area is 146 Å². The number of aryl methyl sites for hydroxylation is 1. The zero-order valence-corrected chi connectivity index (χ0v) is 14.4. The number of hydrogen-bond donors (Lipinski definition) is 1. The molecular weight excluding hydrogens is 329 g/mol. The SMILES string of the molecule is CCC1CCc2nc(N)c(C#N)c(-c3ccc(Cl)cc3Cl)c2C1. The highest BCUT2D eigenvalue weighted by molar-refractivity contribution is 6.36. The maximum Gasteiger partial charge on any atom is 0.142 e. The first kappa shape index (κ1) is 16.1. The summed E-state index contributed by atoms with van der Waals surface area (Å²) in [6.45, 7) is 2.19. The van der Waals surface area contributed by atoms with E-state index in [2.05, 4.69) is 18.0 Å². The summed E-state index contributed by atoms with van der Waals surface area (Å²) in [7, 11) is 0. The lowest BCUT2D eigenvalue weighted by molar-refractivity contribution is 0.441. The molecule has 0 fully saturated rings. The molecule has 1 aromatic carbocycles. The van der Waals surface area contributed by atoms with E-state index in [1.165, 1.54) is 0 Å². The predicted octanol–water partition coefficient (Wildman–Crippen LogP) is 5.02. The topological polar surface area (TPSA) is 62.7 Å². The van der Waals surface area contributed by atoms with E-state index in [-0.39, 0.29) is 5.82 Å². The number of fused-ring (bicyclic) bond motifs is 1. The van der Waals surface area contributed by atoms with Crippen LogP contribution < -0.4 is 5.73 Å². The van der Waals surface area contributed by atoms with Gasteiger partial charge in [-0.25, -0.2) is 4.98 Å². The van der Waals surface area contributed by atoms with Gasteiger partial charge in [0.25, 0.3) is 0 Å². The Bertz CT molecular complexity index is 809. The fourth-order valence-electron chi connectivity index (χ4n) is 3.30. The molecule has 1 aliphatic rings. The molecule has 5 heteroatoms. The number of nitrogen functional groups attached to an aromatic ring is 1. The predicted molar refractivity (Wildman–Crippen MR) is 94.6 cm³/mol. The van der Waals surface area contributed by atoms with E-state index in [1.54, 1.807) is 12.1 Å². The Balaban J connectivity index is 2.29. The molecule has 1 unspecified atom stereocenters. The standard InChI is InChI=1S/C18H17Cl2N3/c1-2-10-3-6-16-13(7-10)17(14(9-21)18(22)23-16)12-5-4-11(19)8-15(12)20/h4-5,8,10H,2-3,6-7H2,1H3,(H2,22,23). The molecule has 0 saturated heterocycles. The van der Waals surface area contributed by atoms with E-state index >= 15 is 0 Å². The van der Waals surface area contributed by atoms with Gasteiger partial charge in [0.15, 0.2) is 0 Å². The van der Waals surface area contributed by atoms with Crippen molar-refractivity contribution in [2.75, 3.05) is 5.73 Å². The maximum atomic E-state index is 9.59. The second-order valence-corrected chi connectivity index (χ2v) is 6.77. The molecule has 3 rings (SSSR count). The Morgan fingerprint density at radius 3 is 2.83 bits per heavy atom. The van der Waals surface area contributed by atoms with Gasteiger partial charge in [-0.05, 0) is 42.9 Å². The largest absolute Gasteiger partial charge is 0.383 e. The molecule has 0 bridgehead atoms. The molecule has 2 N–H and O–H groups in total. The van der Waals surface area contributed by atoms with Crippen molar-refractivity contribution in [2.45, 2.75) is 32.6 Å². The Kier molecular flexibility index (Phi) is 4.48. The van der Waals surface area contributed by atoms with E-state index in [0.717, 1.165) is 48.1 Å². The number of halogens is 2. The van der Waals surface area contributed by atoms with Crippen molar-refractivity contribution in [3.8, 4) is 17.2 Å². The minimum atomic E-state index is 0.280. The minimum Gasteiger partial charge on any atom is -0.383 e. The van der Waals surface area contributed by atoms with Crippen LogP contribution in [-0.4, -0.2) is 4.98 Å². The van der Waals surface area contributed by atoms with Crippen LogP contribution in [0.4, 0.5) is 5.82 Å². The van der Waals surface area contributed by atoms with E-state index < -0.39 is 0 Å². The second kappa shape index (κ2) is 6.39. The second-order valence-electron chi connectivity index (χ2n) is 5.93. The van der Waals surface area contributed by atoms with Crippen LogP contribution in [0.2, 0.25) is 10.0 Å². The van der Waals surface area contributed by atoms with Gasteiger partial charge < -0.3 is 5.73 Å². The average molecular weight is 346 g/mol. The van der Waals surface area contributed by atoms with Crippen molar-refractivity contribution >= 4 is 29.0 Å². The first-order valence-corrected chi connectivity index (χ1v) is 8.47. The quantitative estimate of drug-likeness (QED) is 0.830. The highest BCUT2D eigenvalue weighted by Gasteiger charge is 2.26. The van der Waals surface area contributed by atoms with Crippen LogP contribution >= 0.6 is 23.2 Å². The van der Waals surface area contributed by atoms with Crippen LogP contribution in [0.5, 0.6) is 0 Å². The molecule has 1 aliphatic carbocycles. The molecule has 0 amide bonds. The Morgan fingerprint density at radius 2 is 2.17 bits per heavy atom. The number of hydrogen-bond acceptors (Lipinski definition) is 3. The number of benzene rings is 1. The molecule has 0 radical (unpaired) electrons. The lowest BCUT2D eigenvalue weighted by Crippen LogP contribution is -2.18. The van der Waals surface area contributed by atoms with Gasteiger partial charge >= 0.3 is 0 Å². The number of nitrogens with two attached hydrogens (primary N) is 1. The van der Waals surface area contributed by atoms with Gasteiger partial charge in [-0.2, -0.15) is 5.26 Å². The normalized spacial score (nSPS) is 16.7. The van der Waals surface area contributed by atoms with E-state index in [4.69, 9.17) is 28.9 Å². The molecular formula is C18H17Cl2N3. The lowest BCUT2D eigenvalue weighted by atomic mass is 9.80. The summed E-state index contributed by atoms with van der Waals surface area (Å²) >= 11 is 12.4. The van der Waals surface area contributed by atoms with Crippen molar-refractivity contribution in [3.05, 3.63) is 45.1 Å². The van der Waals surface area contributed by atoms with Gasteiger partial charge in [0, 0.05) is 26.9 Å². The maximum absolute atomic E-state index is 9.59. The highest BCUT2D eigenvalue weighted by atomic mass is 35.5. The number of aromatic nitrogens is 1. The number of pyridine rings is 1. The third-order valence-corrected chi connectivity index (χ3v) is 5.13. The van der Waals surface area contributed by atoms with Crippen LogP contribution in [0.3, 0.4) is 0 Å². The van der Waals surface area contributed by atoms with Gasteiger partial charge in [-0.1, -0.05) is 42.6 Å². The molecule has 0 aliphatic heterocycles. The number of nitrogens with zero attached hydrogens (tertiary/aromatic N) is 2. The molecule has 3 nitrogen and oxygen atoms in total. The summed E-state index contributed by atoms with van der Waals surface area (Å²) in [5.74, 6) is 0.881. The summed E-state index contributed by atoms with van der Waals surface area (Å²) in [6, 6.07) is 7.55. The Hall–Kier alpha value is -1.76. The molecule has 118 valence electrons. The van der Waals surface area contributed by atoms with E-state index in [9.17, 15) is 5.26 Å². The molecule has 1 aromatic heterocycles. The fourth-order valence-corrected chi connectivity index (χ4v) is 3.80. The number of anilines is 1. The summed E-state index contributed by atoms with van der Waals surface area (Å²) in [6.07, 6.45) is 4.01. The molecule has 0 spiro atoms. The van der Waals surface area contributed by atoms with Crippen LogP contribution in [-0.2, 0) is 12.8 Å². The highest BCUT2D eigenvalue weighted by Crippen LogP contribution is 2.41. The van der Waals surface area contributed by atoms with Gasteiger partial charge in [0.05, 0.1) is 0 Å². The lowest BCUT2D eigenvalue weighted by Gasteiger charge is -2.26. The van der Waals surface area contributed by atoms with Gasteiger partial charge in [0.1, 0.15) is 17.5 Å². The molecule has 2 aromatic rings. The summed E-state index contributed by atoms with van der Waals surface area (Å²) in [5, 5.41) is 10.7. The summed E-state index contributed by atoms with van der Waals surface area (Å²) in [5.41, 5.74) is 10.2. The van der Waals surface area contributed by atoms with Crippen molar-refractivity contribution < 1.29 is 0 Å². The average Bonchev–Trinajstić information content (AvgIpc) is 2.53. The molecule has 23 heavy (non-hydrogen) atoms. The van der Waals surface area contributed by atoms with Crippen LogP contribution in [0.15, 0.2) is 18.2 Å². The zero-order valence-electron chi connectivity index (χ0n) is 12.9. The van der Waals surface area contributed by atoms with Crippen LogP contribution in [0.25, 0.3) is 11.1 Å². The molecule has 1 heterocycles. The zero-order chi connectivity index (χ0) is 16.6. The van der Waals surface area contributed by atoms with E-state index in [0.29, 0.717) is 21.5 Å². The van der Waals surface area contributed by atoms with Crippen LogP contribution in [0, 0.1) is 17.2 Å². The molecule has 1 atom stereocenters. The summed E-state index contributed by atoms with van der Waals surface area (Å²) < 4.78 is 0. The Morgan fingerprint density at radius 1 is 1.39 bits per heavy atom. The minimum absolute atomic E-state index is 0.280. The third-order valence-electron chi connectivity index (χ3n) is 4.58. The van der Waals surface area contributed by atoms with Crippen molar-refractivity contribution in [1.29, 1.82) is 5.26 Å². The first-order valence-electron chi connectivity index (χ1n) is 7.71.